The molecule has 5 heteroatoms. The Morgan fingerprint density at radius 2 is 1.94 bits per heavy atom. The van der Waals surface area contributed by atoms with E-state index in [2.05, 4.69) is 20.4 Å². The van der Waals surface area contributed by atoms with Gasteiger partial charge in [-0.25, -0.2) is 0 Å². The number of anilines is 1. The summed E-state index contributed by atoms with van der Waals surface area (Å²) in [5, 5.41) is 7.51. The zero-order valence-corrected chi connectivity index (χ0v) is 10.2. The van der Waals surface area contributed by atoms with Crippen LogP contribution in [-0.2, 0) is 0 Å². The lowest BCUT2D eigenvalue weighted by molar-refractivity contribution is 0.344. The minimum absolute atomic E-state index is 0.281. The van der Waals surface area contributed by atoms with Crippen molar-refractivity contribution in [3.05, 3.63) is 5.89 Å². The summed E-state index contributed by atoms with van der Waals surface area (Å²) < 4.78 is 5.38. The molecule has 2 fully saturated rings. The normalized spacial score (nSPS) is 26.1. The Bertz CT molecular complexity index is 351. The summed E-state index contributed by atoms with van der Waals surface area (Å²) in [7, 11) is 0. The highest BCUT2D eigenvalue weighted by molar-refractivity contribution is 5.28. The Kier molecular flexibility index (Phi) is 3.27. The van der Waals surface area contributed by atoms with Crippen LogP contribution in [0.1, 0.15) is 50.5 Å². The maximum atomic E-state index is 5.38. The summed E-state index contributed by atoms with van der Waals surface area (Å²) in [6, 6.07) is 0.281. The van der Waals surface area contributed by atoms with Gasteiger partial charge in [0.15, 0.2) is 0 Å². The van der Waals surface area contributed by atoms with E-state index in [0.717, 1.165) is 37.9 Å². The Morgan fingerprint density at radius 3 is 2.65 bits per heavy atom. The lowest BCUT2D eigenvalue weighted by atomic mass is 10.2. The molecule has 17 heavy (non-hydrogen) atoms. The van der Waals surface area contributed by atoms with Crippen molar-refractivity contribution in [1.82, 2.24) is 15.5 Å². The average Bonchev–Trinajstić information content (AvgIpc) is 2.95. The summed E-state index contributed by atoms with van der Waals surface area (Å²) in [4.78, 5) is 6.80. The van der Waals surface area contributed by atoms with Crippen molar-refractivity contribution in [3.63, 3.8) is 0 Å². The van der Waals surface area contributed by atoms with E-state index in [1.165, 1.54) is 32.1 Å². The lowest BCUT2D eigenvalue weighted by Gasteiger charge is -2.16. The summed E-state index contributed by atoms with van der Waals surface area (Å²) in [6.45, 7) is 3.19. The fourth-order valence-electron chi connectivity index (χ4n) is 2.66. The molecule has 3 rings (SSSR count). The molecular weight excluding hydrogens is 216 g/mol. The van der Waals surface area contributed by atoms with Crippen LogP contribution in [0, 0.1) is 0 Å². The number of hydrogen-bond acceptors (Lipinski definition) is 5. The van der Waals surface area contributed by atoms with Gasteiger partial charge in [0.2, 0.25) is 5.89 Å². The van der Waals surface area contributed by atoms with Gasteiger partial charge in [0.25, 0.3) is 5.95 Å². The molecule has 0 spiro atoms. The first kappa shape index (κ1) is 11.0. The van der Waals surface area contributed by atoms with E-state index in [0.29, 0.717) is 0 Å². The molecule has 0 radical (unpaired) electrons. The van der Waals surface area contributed by atoms with Crippen molar-refractivity contribution in [2.45, 2.75) is 44.6 Å². The van der Waals surface area contributed by atoms with Gasteiger partial charge in [-0.2, -0.15) is 4.98 Å². The standard InChI is InChI=1S/C12H20N4O/c1-2-4-9-16(8-3-1)12-14-11(17-15-12)10-6-5-7-13-10/h10,13H,1-9H2. The lowest BCUT2D eigenvalue weighted by Crippen LogP contribution is -2.25. The van der Waals surface area contributed by atoms with Crippen LogP contribution < -0.4 is 10.2 Å². The fraction of sp³-hybridized carbons (Fsp3) is 0.833. The SMILES string of the molecule is C1CCCN(c2noc(C3CCCN3)n2)CC1. The van der Waals surface area contributed by atoms with Crippen LogP contribution in [0.2, 0.25) is 0 Å². The van der Waals surface area contributed by atoms with Crippen molar-refractivity contribution in [2.75, 3.05) is 24.5 Å². The van der Waals surface area contributed by atoms with Crippen LogP contribution in [0.3, 0.4) is 0 Å². The molecule has 1 aromatic rings. The van der Waals surface area contributed by atoms with E-state index < -0.39 is 0 Å². The molecule has 3 heterocycles. The number of nitrogens with zero attached hydrogens (tertiary/aromatic N) is 3. The molecule has 1 N–H and O–H groups in total. The highest BCUT2D eigenvalue weighted by Gasteiger charge is 2.24. The third kappa shape index (κ3) is 2.44. The van der Waals surface area contributed by atoms with Crippen LogP contribution >= 0.6 is 0 Å². The van der Waals surface area contributed by atoms with Crippen molar-refractivity contribution < 1.29 is 4.52 Å². The molecular formula is C12H20N4O. The van der Waals surface area contributed by atoms with Crippen molar-refractivity contribution >= 4 is 5.95 Å². The smallest absolute Gasteiger partial charge is 0.266 e. The van der Waals surface area contributed by atoms with E-state index >= 15 is 0 Å². The molecule has 2 aliphatic heterocycles. The van der Waals surface area contributed by atoms with E-state index in [1.54, 1.807) is 0 Å². The first-order valence-electron chi connectivity index (χ1n) is 6.75. The highest BCUT2D eigenvalue weighted by atomic mass is 16.5. The minimum atomic E-state index is 0.281. The Labute approximate surface area is 102 Å². The second-order valence-corrected chi connectivity index (χ2v) is 4.98. The highest BCUT2D eigenvalue weighted by Crippen LogP contribution is 2.24. The van der Waals surface area contributed by atoms with Gasteiger partial charge >= 0.3 is 0 Å². The quantitative estimate of drug-likeness (QED) is 0.849. The zero-order valence-electron chi connectivity index (χ0n) is 10.2. The van der Waals surface area contributed by atoms with Gasteiger partial charge in [-0.05, 0) is 37.4 Å². The molecule has 94 valence electrons. The molecule has 0 aromatic carbocycles. The Morgan fingerprint density at radius 1 is 1.12 bits per heavy atom. The first-order valence-corrected chi connectivity index (χ1v) is 6.75. The molecule has 1 atom stereocenters. The summed E-state index contributed by atoms with van der Waals surface area (Å²) in [6.07, 6.45) is 7.45. The first-order chi connectivity index (χ1) is 8.43. The van der Waals surface area contributed by atoms with Crippen LogP contribution in [0.15, 0.2) is 4.52 Å². The van der Waals surface area contributed by atoms with Gasteiger partial charge in [0, 0.05) is 13.1 Å². The monoisotopic (exact) mass is 236 g/mol. The summed E-state index contributed by atoms with van der Waals surface area (Å²) in [5.41, 5.74) is 0. The van der Waals surface area contributed by atoms with E-state index in [4.69, 9.17) is 4.52 Å². The average molecular weight is 236 g/mol. The maximum Gasteiger partial charge on any atom is 0.266 e. The third-order valence-corrected chi connectivity index (χ3v) is 3.68. The van der Waals surface area contributed by atoms with Crippen LogP contribution in [0.5, 0.6) is 0 Å². The number of rotatable bonds is 2. The molecule has 2 aliphatic rings. The van der Waals surface area contributed by atoms with Gasteiger partial charge in [0.05, 0.1) is 6.04 Å². The summed E-state index contributed by atoms with van der Waals surface area (Å²) in [5.74, 6) is 1.55. The van der Waals surface area contributed by atoms with Gasteiger partial charge in [-0.1, -0.05) is 12.8 Å². The summed E-state index contributed by atoms with van der Waals surface area (Å²) >= 11 is 0. The number of nitrogens with one attached hydrogen (secondary N) is 1. The third-order valence-electron chi connectivity index (χ3n) is 3.68. The molecule has 0 saturated carbocycles. The van der Waals surface area contributed by atoms with Gasteiger partial charge in [-0.3, -0.25) is 0 Å². The van der Waals surface area contributed by atoms with Crippen LogP contribution in [0.25, 0.3) is 0 Å². The topological polar surface area (TPSA) is 54.2 Å². The number of hydrogen-bond donors (Lipinski definition) is 1. The van der Waals surface area contributed by atoms with Crippen LogP contribution in [-0.4, -0.2) is 29.8 Å². The molecule has 0 bridgehead atoms. The van der Waals surface area contributed by atoms with Gasteiger partial charge in [0.1, 0.15) is 0 Å². The van der Waals surface area contributed by atoms with E-state index in [1.807, 2.05) is 0 Å². The largest absolute Gasteiger partial charge is 0.338 e. The zero-order chi connectivity index (χ0) is 11.5. The molecule has 5 nitrogen and oxygen atoms in total. The predicted octanol–water partition coefficient (Wildman–Crippen LogP) is 1.87. The van der Waals surface area contributed by atoms with Gasteiger partial charge < -0.3 is 14.7 Å². The molecule has 2 saturated heterocycles. The Balaban J connectivity index is 1.70. The van der Waals surface area contributed by atoms with Crippen molar-refractivity contribution in [2.24, 2.45) is 0 Å². The maximum absolute atomic E-state index is 5.38. The second-order valence-electron chi connectivity index (χ2n) is 4.98. The van der Waals surface area contributed by atoms with Crippen LogP contribution in [0.4, 0.5) is 5.95 Å². The Hall–Kier alpha value is -1.10. The molecule has 0 amide bonds. The van der Waals surface area contributed by atoms with Crippen molar-refractivity contribution in [1.29, 1.82) is 0 Å². The molecule has 0 aliphatic carbocycles. The minimum Gasteiger partial charge on any atom is -0.338 e. The molecule has 1 unspecified atom stereocenters. The fourth-order valence-corrected chi connectivity index (χ4v) is 2.66. The predicted molar refractivity (Wildman–Crippen MR) is 65.0 cm³/mol. The van der Waals surface area contributed by atoms with Crippen molar-refractivity contribution in [3.8, 4) is 0 Å². The van der Waals surface area contributed by atoms with Gasteiger partial charge in [-0.15, -0.1) is 0 Å². The van der Waals surface area contributed by atoms with E-state index in [-0.39, 0.29) is 6.04 Å². The number of aromatic nitrogens is 2. The van der Waals surface area contributed by atoms with E-state index in [9.17, 15) is 0 Å². The molecule has 1 aromatic heterocycles. The second kappa shape index (κ2) is 5.04.